The van der Waals surface area contributed by atoms with Crippen LogP contribution in [0.1, 0.15) is 11.1 Å². The highest BCUT2D eigenvalue weighted by Crippen LogP contribution is 2.35. The molecule has 2 aromatic rings. The summed E-state index contributed by atoms with van der Waals surface area (Å²) in [6, 6.07) is 8.85. The van der Waals surface area contributed by atoms with Gasteiger partial charge in [-0.1, -0.05) is 11.6 Å². The number of carbonyl (C=O) groups is 1. The highest BCUT2D eigenvalue weighted by molar-refractivity contribution is 6.30. The molecule has 2 aromatic carbocycles. The van der Waals surface area contributed by atoms with Crippen LogP contribution in [0.5, 0.6) is 23.0 Å². The molecule has 138 valence electrons. The quantitative estimate of drug-likeness (QED) is 0.838. The first-order valence-corrected chi connectivity index (χ1v) is 8.45. The number of carbonyl (C=O) groups excluding carboxylic acids is 1. The van der Waals surface area contributed by atoms with Gasteiger partial charge in [-0.25, -0.2) is 0 Å². The van der Waals surface area contributed by atoms with Crippen molar-refractivity contribution in [1.82, 2.24) is 5.32 Å². The molecule has 0 saturated carbocycles. The summed E-state index contributed by atoms with van der Waals surface area (Å²) in [7, 11) is 4.68. The van der Waals surface area contributed by atoms with Crippen LogP contribution in [0.15, 0.2) is 30.3 Å². The highest BCUT2D eigenvalue weighted by Gasteiger charge is 2.29. The van der Waals surface area contributed by atoms with E-state index >= 15 is 0 Å². The highest BCUT2D eigenvalue weighted by atomic mass is 35.5. The van der Waals surface area contributed by atoms with Crippen molar-refractivity contribution >= 4 is 17.5 Å². The smallest absolute Gasteiger partial charge is 0.261 e. The third kappa shape index (κ3) is 3.65. The molecule has 1 heterocycles. The minimum atomic E-state index is -0.574. The van der Waals surface area contributed by atoms with E-state index in [9.17, 15) is 4.79 Å². The van der Waals surface area contributed by atoms with Crippen molar-refractivity contribution in [3.05, 3.63) is 46.5 Å². The molecule has 1 N–H and O–H groups in total. The van der Waals surface area contributed by atoms with Gasteiger partial charge in [-0.2, -0.15) is 0 Å². The predicted molar refractivity (Wildman–Crippen MR) is 97.5 cm³/mol. The topological polar surface area (TPSA) is 66.0 Å². The van der Waals surface area contributed by atoms with E-state index in [-0.39, 0.29) is 12.5 Å². The standard InChI is InChI=1S/C19H20ClNO5/c1-23-15-9-17(25-3)16(24-2)8-12(15)10-21-19(22)18-7-11-6-13(20)4-5-14(11)26-18/h4-6,8-9,18H,7,10H2,1-3H3,(H,21,22)/t18-/m1/s1. The van der Waals surface area contributed by atoms with Gasteiger partial charge in [0.2, 0.25) is 0 Å². The first-order chi connectivity index (χ1) is 12.5. The zero-order chi connectivity index (χ0) is 18.7. The van der Waals surface area contributed by atoms with Gasteiger partial charge in [0.05, 0.1) is 21.3 Å². The number of hydrogen-bond acceptors (Lipinski definition) is 5. The monoisotopic (exact) mass is 377 g/mol. The minimum Gasteiger partial charge on any atom is -0.496 e. The summed E-state index contributed by atoms with van der Waals surface area (Å²) in [6.07, 6.45) is -0.0836. The van der Waals surface area contributed by atoms with Gasteiger partial charge < -0.3 is 24.3 Å². The first-order valence-electron chi connectivity index (χ1n) is 8.07. The summed E-state index contributed by atoms with van der Waals surface area (Å²) in [5.74, 6) is 2.22. The van der Waals surface area contributed by atoms with Crippen LogP contribution >= 0.6 is 11.6 Å². The Labute approximate surface area is 157 Å². The second kappa shape index (κ2) is 7.74. The Kier molecular flexibility index (Phi) is 5.42. The van der Waals surface area contributed by atoms with Crippen molar-refractivity contribution in [1.29, 1.82) is 0 Å². The molecule has 0 spiro atoms. The molecule has 0 saturated heterocycles. The fourth-order valence-corrected chi connectivity index (χ4v) is 3.08. The number of methoxy groups -OCH3 is 3. The Balaban J connectivity index is 1.68. The van der Waals surface area contributed by atoms with Crippen LogP contribution in [-0.4, -0.2) is 33.3 Å². The molecular formula is C19H20ClNO5. The molecule has 1 atom stereocenters. The van der Waals surface area contributed by atoms with Gasteiger partial charge >= 0.3 is 0 Å². The lowest BCUT2D eigenvalue weighted by molar-refractivity contribution is -0.127. The Morgan fingerprint density at radius 2 is 1.81 bits per heavy atom. The van der Waals surface area contributed by atoms with E-state index in [1.54, 1.807) is 45.6 Å². The number of ether oxygens (including phenoxy) is 4. The molecule has 0 aromatic heterocycles. The Morgan fingerprint density at radius 3 is 2.50 bits per heavy atom. The van der Waals surface area contributed by atoms with Gasteiger partial charge in [-0.05, 0) is 29.8 Å². The van der Waals surface area contributed by atoms with Crippen molar-refractivity contribution in [2.45, 2.75) is 19.1 Å². The number of rotatable bonds is 6. The molecule has 6 nitrogen and oxygen atoms in total. The predicted octanol–water partition coefficient (Wildman–Crippen LogP) is 2.99. The average Bonchev–Trinajstić information content (AvgIpc) is 3.08. The largest absolute Gasteiger partial charge is 0.496 e. The van der Waals surface area contributed by atoms with Gasteiger partial charge in [-0.15, -0.1) is 0 Å². The minimum absolute atomic E-state index is 0.200. The van der Waals surface area contributed by atoms with Crippen LogP contribution in [0.4, 0.5) is 0 Å². The molecule has 0 fully saturated rings. The van der Waals surface area contributed by atoms with Crippen molar-refractivity contribution in [3.8, 4) is 23.0 Å². The lowest BCUT2D eigenvalue weighted by Crippen LogP contribution is -2.37. The van der Waals surface area contributed by atoms with Crippen molar-refractivity contribution in [2.75, 3.05) is 21.3 Å². The summed E-state index contributed by atoms with van der Waals surface area (Å²) in [5, 5.41) is 3.51. The van der Waals surface area contributed by atoms with Gasteiger partial charge in [0.25, 0.3) is 5.91 Å². The molecule has 0 unspecified atom stereocenters. The molecule has 0 bridgehead atoms. The molecule has 1 aliphatic heterocycles. The maximum atomic E-state index is 12.5. The van der Waals surface area contributed by atoms with E-state index in [1.165, 1.54) is 0 Å². The fraction of sp³-hybridized carbons (Fsp3) is 0.316. The lowest BCUT2D eigenvalue weighted by atomic mass is 10.1. The van der Waals surface area contributed by atoms with Crippen molar-refractivity contribution in [2.24, 2.45) is 0 Å². The Bertz CT molecular complexity index is 824. The number of nitrogens with one attached hydrogen (secondary N) is 1. The normalized spacial score (nSPS) is 15.0. The van der Waals surface area contributed by atoms with Crippen molar-refractivity contribution < 1.29 is 23.7 Å². The summed E-state index contributed by atoms with van der Waals surface area (Å²) >= 11 is 5.99. The zero-order valence-electron chi connectivity index (χ0n) is 14.8. The number of halogens is 1. The van der Waals surface area contributed by atoms with Crippen LogP contribution in [0.2, 0.25) is 5.02 Å². The molecule has 0 aliphatic carbocycles. The lowest BCUT2D eigenvalue weighted by Gasteiger charge is -2.16. The van der Waals surface area contributed by atoms with Crippen LogP contribution < -0.4 is 24.3 Å². The van der Waals surface area contributed by atoms with E-state index < -0.39 is 6.10 Å². The Hall–Kier alpha value is -2.60. The van der Waals surface area contributed by atoms with Gasteiger partial charge in [0.15, 0.2) is 17.6 Å². The second-order valence-corrected chi connectivity index (χ2v) is 6.24. The van der Waals surface area contributed by atoms with Gasteiger partial charge in [0.1, 0.15) is 11.5 Å². The van der Waals surface area contributed by atoms with E-state index in [0.717, 1.165) is 11.1 Å². The van der Waals surface area contributed by atoms with E-state index in [0.29, 0.717) is 34.4 Å². The third-order valence-corrected chi connectivity index (χ3v) is 4.46. The van der Waals surface area contributed by atoms with Crippen LogP contribution in [-0.2, 0) is 17.8 Å². The maximum absolute atomic E-state index is 12.5. The SMILES string of the molecule is COc1cc(OC)c(OC)cc1CNC(=O)[C@H]1Cc2cc(Cl)ccc2O1. The number of hydrogen-bond donors (Lipinski definition) is 1. The van der Waals surface area contributed by atoms with Crippen LogP contribution in [0, 0.1) is 0 Å². The summed E-state index contributed by atoms with van der Waals surface area (Å²) < 4.78 is 21.6. The molecule has 0 radical (unpaired) electrons. The van der Waals surface area contributed by atoms with E-state index in [4.69, 9.17) is 30.5 Å². The first kappa shape index (κ1) is 18.2. The number of fused-ring (bicyclic) bond motifs is 1. The van der Waals surface area contributed by atoms with E-state index in [2.05, 4.69) is 5.32 Å². The zero-order valence-corrected chi connectivity index (χ0v) is 15.6. The van der Waals surface area contributed by atoms with Gasteiger partial charge in [-0.3, -0.25) is 4.79 Å². The average molecular weight is 378 g/mol. The van der Waals surface area contributed by atoms with Crippen LogP contribution in [0.25, 0.3) is 0 Å². The number of benzene rings is 2. The molecule has 26 heavy (non-hydrogen) atoms. The second-order valence-electron chi connectivity index (χ2n) is 5.80. The molecule has 3 rings (SSSR count). The summed E-state index contributed by atoms with van der Waals surface area (Å²) in [4.78, 5) is 12.5. The van der Waals surface area contributed by atoms with Crippen LogP contribution in [0.3, 0.4) is 0 Å². The molecular weight excluding hydrogens is 358 g/mol. The molecule has 7 heteroatoms. The number of amides is 1. The summed E-state index contributed by atoms with van der Waals surface area (Å²) in [6.45, 7) is 0.277. The van der Waals surface area contributed by atoms with Crippen molar-refractivity contribution in [3.63, 3.8) is 0 Å². The Morgan fingerprint density at radius 1 is 1.12 bits per heavy atom. The van der Waals surface area contributed by atoms with Gasteiger partial charge in [0, 0.05) is 29.6 Å². The molecule has 1 aliphatic rings. The fourth-order valence-electron chi connectivity index (χ4n) is 2.89. The molecule has 1 amide bonds. The maximum Gasteiger partial charge on any atom is 0.261 e. The summed E-state index contributed by atoms with van der Waals surface area (Å²) in [5.41, 5.74) is 1.71. The third-order valence-electron chi connectivity index (χ3n) is 4.23. The van der Waals surface area contributed by atoms with E-state index in [1.807, 2.05) is 6.07 Å².